The Labute approximate surface area is 159 Å². The predicted octanol–water partition coefficient (Wildman–Crippen LogP) is 1.98. The Morgan fingerprint density at radius 1 is 1.26 bits per heavy atom. The molecule has 4 rings (SSSR count). The highest BCUT2D eigenvalue weighted by molar-refractivity contribution is 7.13. The lowest BCUT2D eigenvalue weighted by atomic mass is 9.94. The number of nitrogens with zero attached hydrogens (tertiary/aromatic N) is 4. The molecule has 9 heteroatoms. The number of carbonyl (C=O) groups excluding carboxylic acids is 2. The van der Waals surface area contributed by atoms with Crippen molar-refractivity contribution in [1.82, 2.24) is 25.1 Å². The van der Waals surface area contributed by atoms with E-state index in [4.69, 9.17) is 0 Å². The zero-order valence-electron chi connectivity index (χ0n) is 14.5. The average molecular weight is 382 g/mol. The monoisotopic (exact) mass is 382 g/mol. The first-order valence-corrected chi connectivity index (χ1v) is 9.52. The van der Waals surface area contributed by atoms with Gasteiger partial charge in [-0.15, -0.1) is 11.3 Å². The molecule has 1 aliphatic rings. The molecule has 3 aromatic heterocycles. The van der Waals surface area contributed by atoms with Crippen LogP contribution in [0.25, 0.3) is 0 Å². The van der Waals surface area contributed by atoms with Gasteiger partial charge < -0.3 is 5.32 Å². The number of rotatable bonds is 5. The number of hydrogen-bond acceptors (Lipinski definition) is 6. The lowest BCUT2D eigenvalue weighted by molar-refractivity contribution is 0.0942. The van der Waals surface area contributed by atoms with E-state index in [1.807, 2.05) is 10.1 Å². The fraction of sp³-hybridized carbons (Fsp3) is 0.278. The third-order valence-corrected chi connectivity index (χ3v) is 5.24. The molecule has 0 saturated carbocycles. The van der Waals surface area contributed by atoms with E-state index in [0.29, 0.717) is 29.2 Å². The first kappa shape index (κ1) is 17.3. The quantitative estimate of drug-likeness (QED) is 0.703. The average Bonchev–Trinajstić information content (AvgIpc) is 3.36. The second-order valence-corrected chi connectivity index (χ2v) is 7.22. The Bertz CT molecular complexity index is 938. The molecule has 2 N–H and O–H groups in total. The smallest absolute Gasteiger partial charge is 0.260 e. The number of thiazole rings is 1. The van der Waals surface area contributed by atoms with Crippen LogP contribution in [0.3, 0.4) is 0 Å². The predicted molar refractivity (Wildman–Crippen MR) is 101 cm³/mol. The molecule has 0 saturated heterocycles. The Morgan fingerprint density at radius 2 is 2.19 bits per heavy atom. The molecule has 8 nitrogen and oxygen atoms in total. The van der Waals surface area contributed by atoms with Gasteiger partial charge in [-0.25, -0.2) is 4.98 Å². The molecule has 0 aliphatic carbocycles. The van der Waals surface area contributed by atoms with Crippen LogP contribution in [0.1, 0.15) is 32.8 Å². The third kappa shape index (κ3) is 3.87. The van der Waals surface area contributed by atoms with E-state index in [0.717, 1.165) is 18.7 Å². The minimum absolute atomic E-state index is 0.135. The summed E-state index contributed by atoms with van der Waals surface area (Å²) in [6, 6.07) is 3.47. The largest absolute Gasteiger partial charge is 0.352 e. The molecule has 4 heterocycles. The van der Waals surface area contributed by atoms with Gasteiger partial charge in [0.05, 0.1) is 23.0 Å². The van der Waals surface area contributed by atoms with E-state index >= 15 is 0 Å². The van der Waals surface area contributed by atoms with Crippen LogP contribution < -0.4 is 10.6 Å². The van der Waals surface area contributed by atoms with Crippen molar-refractivity contribution in [2.24, 2.45) is 5.92 Å². The van der Waals surface area contributed by atoms with Crippen molar-refractivity contribution < 1.29 is 9.59 Å². The molecule has 138 valence electrons. The highest BCUT2D eigenvalue weighted by Crippen LogP contribution is 2.24. The van der Waals surface area contributed by atoms with Gasteiger partial charge in [0.15, 0.2) is 5.13 Å². The highest BCUT2D eigenvalue weighted by atomic mass is 32.1. The molecule has 0 unspecified atom stereocenters. The maximum atomic E-state index is 12.5. The van der Waals surface area contributed by atoms with E-state index in [-0.39, 0.29) is 17.7 Å². The van der Waals surface area contributed by atoms with Crippen LogP contribution >= 0.6 is 11.3 Å². The van der Waals surface area contributed by atoms with Crippen molar-refractivity contribution in [3.05, 3.63) is 59.1 Å². The zero-order chi connectivity index (χ0) is 18.6. The molecule has 0 aromatic carbocycles. The van der Waals surface area contributed by atoms with Crippen molar-refractivity contribution >= 4 is 28.3 Å². The molecule has 3 aromatic rings. The fourth-order valence-corrected chi connectivity index (χ4v) is 3.67. The van der Waals surface area contributed by atoms with Gasteiger partial charge in [0.2, 0.25) is 0 Å². The first-order valence-electron chi connectivity index (χ1n) is 8.64. The SMILES string of the molecule is O=C(NC[C@H]1CCn2ncc(C(=O)Nc3nccs3)c2C1)c1cccnc1. The molecule has 1 aliphatic heterocycles. The maximum absolute atomic E-state index is 12.5. The molecular weight excluding hydrogens is 364 g/mol. The van der Waals surface area contributed by atoms with E-state index in [1.54, 1.807) is 36.9 Å². The second kappa shape index (κ2) is 7.67. The fourth-order valence-electron chi connectivity index (χ4n) is 3.15. The number of hydrogen-bond donors (Lipinski definition) is 2. The molecule has 1 atom stereocenters. The van der Waals surface area contributed by atoms with Gasteiger partial charge in [-0.2, -0.15) is 5.10 Å². The summed E-state index contributed by atoms with van der Waals surface area (Å²) < 4.78 is 1.87. The standard InChI is InChI=1S/C18H18N6O2S/c25-16(13-2-1-4-19-10-13)21-9-12-3-6-24-15(8-12)14(11-22-24)17(26)23-18-20-5-7-27-18/h1-2,4-5,7,10-12H,3,6,8-9H2,(H,21,25)(H,20,23,26)/t12-/m0/s1. The highest BCUT2D eigenvalue weighted by Gasteiger charge is 2.26. The van der Waals surface area contributed by atoms with Crippen molar-refractivity contribution in [3.8, 4) is 0 Å². The number of carbonyl (C=O) groups is 2. The number of amides is 2. The van der Waals surface area contributed by atoms with Gasteiger partial charge in [-0.3, -0.25) is 24.6 Å². The number of nitrogens with one attached hydrogen (secondary N) is 2. The summed E-state index contributed by atoms with van der Waals surface area (Å²) in [6.07, 6.45) is 8.02. The second-order valence-electron chi connectivity index (χ2n) is 6.33. The number of anilines is 1. The van der Waals surface area contributed by atoms with Crippen molar-refractivity contribution in [3.63, 3.8) is 0 Å². The van der Waals surface area contributed by atoms with Gasteiger partial charge in [0.25, 0.3) is 11.8 Å². The van der Waals surface area contributed by atoms with Gasteiger partial charge in [0, 0.05) is 37.1 Å². The Kier molecular flexibility index (Phi) is 4.93. The summed E-state index contributed by atoms with van der Waals surface area (Å²) in [4.78, 5) is 32.8. The first-order chi connectivity index (χ1) is 13.2. The van der Waals surface area contributed by atoms with Crippen LogP contribution in [-0.2, 0) is 13.0 Å². The van der Waals surface area contributed by atoms with Crippen LogP contribution in [0.5, 0.6) is 0 Å². The van der Waals surface area contributed by atoms with Crippen LogP contribution in [0.4, 0.5) is 5.13 Å². The molecule has 0 bridgehead atoms. The van der Waals surface area contributed by atoms with Gasteiger partial charge in [-0.1, -0.05) is 0 Å². The molecule has 27 heavy (non-hydrogen) atoms. The molecule has 0 spiro atoms. The van der Waals surface area contributed by atoms with Crippen molar-refractivity contribution in [2.75, 3.05) is 11.9 Å². The van der Waals surface area contributed by atoms with E-state index in [9.17, 15) is 9.59 Å². The maximum Gasteiger partial charge on any atom is 0.260 e. The number of pyridine rings is 1. The molecule has 0 fully saturated rings. The molecular formula is C18H18N6O2S. The van der Waals surface area contributed by atoms with E-state index < -0.39 is 0 Å². The number of aryl methyl sites for hydroxylation is 1. The van der Waals surface area contributed by atoms with Crippen molar-refractivity contribution in [1.29, 1.82) is 0 Å². The minimum Gasteiger partial charge on any atom is -0.352 e. The topological polar surface area (TPSA) is 102 Å². The molecule has 2 amide bonds. The zero-order valence-corrected chi connectivity index (χ0v) is 15.3. The van der Waals surface area contributed by atoms with Gasteiger partial charge in [0.1, 0.15) is 0 Å². The number of aromatic nitrogens is 4. The lowest BCUT2D eigenvalue weighted by Gasteiger charge is -2.24. The van der Waals surface area contributed by atoms with E-state index in [1.165, 1.54) is 11.3 Å². The van der Waals surface area contributed by atoms with Crippen LogP contribution in [-0.4, -0.2) is 38.1 Å². The summed E-state index contributed by atoms with van der Waals surface area (Å²) in [5.74, 6) is -0.0867. The normalized spacial score (nSPS) is 15.8. The van der Waals surface area contributed by atoms with Crippen LogP contribution in [0.2, 0.25) is 0 Å². The Morgan fingerprint density at radius 3 is 2.96 bits per heavy atom. The summed E-state index contributed by atoms with van der Waals surface area (Å²) in [6.45, 7) is 1.28. The third-order valence-electron chi connectivity index (χ3n) is 4.55. The van der Waals surface area contributed by atoms with Gasteiger partial charge in [-0.05, 0) is 30.9 Å². The Hall–Kier alpha value is -3.07. The minimum atomic E-state index is -0.203. The Balaban J connectivity index is 1.40. The molecule has 0 radical (unpaired) electrons. The van der Waals surface area contributed by atoms with Gasteiger partial charge >= 0.3 is 0 Å². The summed E-state index contributed by atoms with van der Waals surface area (Å²) in [5.41, 5.74) is 2.01. The van der Waals surface area contributed by atoms with Crippen LogP contribution in [0.15, 0.2) is 42.3 Å². The summed E-state index contributed by atoms with van der Waals surface area (Å²) >= 11 is 1.37. The lowest BCUT2D eigenvalue weighted by Crippen LogP contribution is -2.33. The summed E-state index contributed by atoms with van der Waals surface area (Å²) in [7, 11) is 0. The van der Waals surface area contributed by atoms with Crippen molar-refractivity contribution in [2.45, 2.75) is 19.4 Å². The van der Waals surface area contributed by atoms with E-state index in [2.05, 4.69) is 25.7 Å². The summed E-state index contributed by atoms with van der Waals surface area (Å²) in [5, 5.41) is 12.5. The number of fused-ring (bicyclic) bond motifs is 1. The van der Waals surface area contributed by atoms with Crippen LogP contribution in [0, 0.1) is 5.92 Å².